The highest BCUT2D eigenvalue weighted by molar-refractivity contribution is 14.1. The smallest absolute Gasteiger partial charge is 0.250 e. The number of halogens is 2. The third-order valence-corrected chi connectivity index (χ3v) is 4.02. The topological polar surface area (TPSA) is 55.1 Å². The molecule has 0 heterocycles. The molecule has 0 radical (unpaired) electrons. The van der Waals surface area contributed by atoms with E-state index in [-0.39, 0.29) is 6.04 Å². The van der Waals surface area contributed by atoms with E-state index in [1.165, 1.54) is 9.13 Å². The summed E-state index contributed by atoms with van der Waals surface area (Å²) < 4.78 is 1.20. The molecule has 1 amide bonds. The second-order valence-corrected chi connectivity index (χ2v) is 6.13. The molecule has 0 fully saturated rings. The van der Waals surface area contributed by atoms with Gasteiger partial charge in [0.25, 0.3) is 0 Å². The predicted octanol–water partition coefficient (Wildman–Crippen LogP) is 4.22. The van der Waals surface area contributed by atoms with Gasteiger partial charge in [-0.05, 0) is 65.4 Å². The highest BCUT2D eigenvalue weighted by Crippen LogP contribution is 2.24. The van der Waals surface area contributed by atoms with E-state index in [1.54, 1.807) is 18.2 Å². The summed E-state index contributed by atoms with van der Waals surface area (Å²) in [6.45, 7) is 2.07. The molecule has 0 aliphatic carbocycles. The van der Waals surface area contributed by atoms with Crippen molar-refractivity contribution in [3.8, 4) is 0 Å². The molecule has 2 aromatic rings. The van der Waals surface area contributed by atoms with Crippen molar-refractivity contribution in [1.82, 2.24) is 0 Å². The molecule has 0 bridgehead atoms. The Hall–Kier alpha value is -1.27. The number of primary amides is 1. The van der Waals surface area contributed by atoms with Gasteiger partial charge < -0.3 is 11.1 Å². The minimum atomic E-state index is -0.521. The molecule has 0 aliphatic heterocycles. The van der Waals surface area contributed by atoms with Gasteiger partial charge in [-0.2, -0.15) is 0 Å². The van der Waals surface area contributed by atoms with Crippen LogP contribution in [0.25, 0.3) is 0 Å². The zero-order chi connectivity index (χ0) is 14.7. The number of nitrogens with one attached hydrogen (secondary N) is 1. The predicted molar refractivity (Wildman–Crippen MR) is 91.2 cm³/mol. The molecule has 0 spiro atoms. The summed E-state index contributed by atoms with van der Waals surface area (Å²) in [5, 5.41) is 3.70. The molecule has 0 saturated heterocycles. The first-order chi connectivity index (χ1) is 9.47. The number of anilines is 1. The molecule has 0 aliphatic rings. The highest BCUT2D eigenvalue weighted by atomic mass is 127. The van der Waals surface area contributed by atoms with Gasteiger partial charge in [0.05, 0.1) is 10.6 Å². The fourth-order valence-electron chi connectivity index (χ4n) is 1.89. The van der Waals surface area contributed by atoms with Crippen molar-refractivity contribution in [2.75, 3.05) is 5.32 Å². The van der Waals surface area contributed by atoms with Crippen LogP contribution in [-0.2, 0) is 0 Å². The molecule has 20 heavy (non-hydrogen) atoms. The van der Waals surface area contributed by atoms with Crippen LogP contribution in [0.2, 0.25) is 5.02 Å². The van der Waals surface area contributed by atoms with Gasteiger partial charge >= 0.3 is 0 Å². The van der Waals surface area contributed by atoms with Gasteiger partial charge in [-0.25, -0.2) is 0 Å². The van der Waals surface area contributed by atoms with Gasteiger partial charge in [0, 0.05) is 15.3 Å². The van der Waals surface area contributed by atoms with Crippen LogP contribution in [0.15, 0.2) is 42.5 Å². The first-order valence-corrected chi connectivity index (χ1v) is 7.54. The number of hydrogen-bond donors (Lipinski definition) is 2. The number of rotatable bonds is 4. The maximum atomic E-state index is 11.1. The third-order valence-electron chi connectivity index (χ3n) is 2.99. The number of nitrogens with two attached hydrogens (primary N) is 1. The quantitative estimate of drug-likeness (QED) is 0.755. The van der Waals surface area contributed by atoms with Crippen molar-refractivity contribution in [3.63, 3.8) is 0 Å². The second kappa shape index (κ2) is 6.45. The summed E-state index contributed by atoms with van der Waals surface area (Å²) in [6.07, 6.45) is 0. The van der Waals surface area contributed by atoms with E-state index < -0.39 is 5.91 Å². The van der Waals surface area contributed by atoms with Crippen LogP contribution < -0.4 is 11.1 Å². The number of amides is 1. The first-order valence-electron chi connectivity index (χ1n) is 6.08. The lowest BCUT2D eigenvalue weighted by atomic mass is 10.1. The van der Waals surface area contributed by atoms with Crippen LogP contribution in [0.5, 0.6) is 0 Å². The third kappa shape index (κ3) is 3.64. The minimum absolute atomic E-state index is 0.141. The average molecular weight is 401 g/mol. The maximum absolute atomic E-state index is 11.1. The molecular weight excluding hydrogens is 387 g/mol. The highest BCUT2D eigenvalue weighted by Gasteiger charge is 2.09. The molecule has 2 rings (SSSR count). The molecule has 1 atom stereocenters. The number of benzene rings is 2. The number of hydrogen-bond acceptors (Lipinski definition) is 2. The van der Waals surface area contributed by atoms with E-state index in [2.05, 4.69) is 59.1 Å². The normalized spacial score (nSPS) is 11.9. The van der Waals surface area contributed by atoms with Crippen LogP contribution in [0.4, 0.5) is 5.69 Å². The molecule has 3 nitrogen and oxygen atoms in total. The molecule has 1 unspecified atom stereocenters. The van der Waals surface area contributed by atoms with Crippen molar-refractivity contribution in [3.05, 3.63) is 62.2 Å². The second-order valence-electron chi connectivity index (χ2n) is 4.48. The summed E-state index contributed by atoms with van der Waals surface area (Å²) in [6, 6.07) is 13.6. The Morgan fingerprint density at radius 1 is 1.25 bits per heavy atom. The van der Waals surface area contributed by atoms with Crippen molar-refractivity contribution < 1.29 is 4.79 Å². The summed E-state index contributed by atoms with van der Waals surface area (Å²) >= 11 is 8.31. The van der Waals surface area contributed by atoms with E-state index in [1.807, 2.05) is 0 Å². The van der Waals surface area contributed by atoms with E-state index in [9.17, 15) is 4.79 Å². The van der Waals surface area contributed by atoms with Crippen molar-refractivity contribution in [2.24, 2.45) is 5.73 Å². The summed E-state index contributed by atoms with van der Waals surface area (Å²) in [5.41, 5.74) is 7.59. The van der Waals surface area contributed by atoms with Crippen LogP contribution >= 0.6 is 34.2 Å². The van der Waals surface area contributed by atoms with Gasteiger partial charge in [-0.15, -0.1) is 0 Å². The molecule has 5 heteroatoms. The Bertz CT molecular complexity index is 628. The Kier molecular flexibility index (Phi) is 4.88. The van der Waals surface area contributed by atoms with Crippen LogP contribution in [-0.4, -0.2) is 5.91 Å². The lowest BCUT2D eigenvalue weighted by Crippen LogP contribution is -2.12. The Balaban J connectivity index is 2.15. The summed E-state index contributed by atoms with van der Waals surface area (Å²) in [5.74, 6) is -0.521. The monoisotopic (exact) mass is 400 g/mol. The molecule has 0 aromatic heterocycles. The van der Waals surface area contributed by atoms with Crippen molar-refractivity contribution in [2.45, 2.75) is 13.0 Å². The zero-order valence-corrected chi connectivity index (χ0v) is 13.8. The Morgan fingerprint density at radius 3 is 2.45 bits per heavy atom. The Morgan fingerprint density at radius 2 is 1.90 bits per heavy atom. The molecule has 3 N–H and O–H groups in total. The van der Waals surface area contributed by atoms with Crippen molar-refractivity contribution >= 4 is 45.8 Å². The van der Waals surface area contributed by atoms with E-state index in [0.29, 0.717) is 10.6 Å². The van der Waals surface area contributed by atoms with Gasteiger partial charge in [0.1, 0.15) is 0 Å². The summed E-state index contributed by atoms with van der Waals surface area (Å²) in [7, 11) is 0. The standard InChI is InChI=1S/C15H14ClIN2O/c1-9(10-2-4-11(17)5-3-10)19-12-6-7-13(15(18)20)14(16)8-12/h2-9,19H,1H3,(H2,18,20). The fraction of sp³-hybridized carbons (Fsp3) is 0.133. The van der Waals surface area contributed by atoms with Crippen LogP contribution in [0.3, 0.4) is 0 Å². The molecular formula is C15H14ClIN2O. The van der Waals surface area contributed by atoms with Crippen molar-refractivity contribution in [1.29, 1.82) is 0 Å². The van der Waals surface area contributed by atoms with E-state index >= 15 is 0 Å². The molecule has 0 saturated carbocycles. The SMILES string of the molecule is CC(Nc1ccc(C(N)=O)c(Cl)c1)c1ccc(I)cc1. The van der Waals surface area contributed by atoms with Gasteiger partial charge in [0.2, 0.25) is 5.91 Å². The van der Waals surface area contributed by atoms with E-state index in [0.717, 1.165) is 5.69 Å². The first kappa shape index (κ1) is 15.1. The zero-order valence-electron chi connectivity index (χ0n) is 10.9. The molecule has 104 valence electrons. The van der Waals surface area contributed by atoms with Gasteiger partial charge in [0.15, 0.2) is 0 Å². The summed E-state index contributed by atoms with van der Waals surface area (Å²) in [4.78, 5) is 11.1. The Labute approximate surface area is 136 Å². The number of carbonyl (C=O) groups is 1. The lowest BCUT2D eigenvalue weighted by Gasteiger charge is -2.16. The number of carbonyl (C=O) groups excluding carboxylic acids is 1. The van der Waals surface area contributed by atoms with E-state index in [4.69, 9.17) is 17.3 Å². The van der Waals surface area contributed by atoms with Gasteiger partial charge in [-0.1, -0.05) is 23.7 Å². The lowest BCUT2D eigenvalue weighted by molar-refractivity contribution is 0.100. The van der Waals surface area contributed by atoms with Gasteiger partial charge in [-0.3, -0.25) is 4.79 Å². The average Bonchev–Trinajstić information content (AvgIpc) is 2.39. The molecule has 2 aromatic carbocycles. The maximum Gasteiger partial charge on any atom is 0.250 e. The van der Waals surface area contributed by atoms with Crippen LogP contribution in [0.1, 0.15) is 28.9 Å². The largest absolute Gasteiger partial charge is 0.378 e. The van der Waals surface area contributed by atoms with Crippen LogP contribution in [0, 0.1) is 3.57 Å². The fourth-order valence-corrected chi connectivity index (χ4v) is 2.52. The minimum Gasteiger partial charge on any atom is -0.378 e.